The van der Waals surface area contributed by atoms with Crippen molar-refractivity contribution in [3.8, 4) is 11.3 Å². The summed E-state index contributed by atoms with van der Waals surface area (Å²) >= 11 is 15.2. The quantitative estimate of drug-likeness (QED) is 0.425. The van der Waals surface area contributed by atoms with Crippen molar-refractivity contribution in [1.29, 1.82) is 0 Å². The van der Waals surface area contributed by atoms with Gasteiger partial charge in [-0.15, -0.1) is 0 Å². The Hall–Kier alpha value is -2.02. The largest absolute Gasteiger partial charge is 0.322 e. The number of benzene rings is 2. The topological polar surface area (TPSA) is 54.9 Å². The van der Waals surface area contributed by atoms with Crippen molar-refractivity contribution in [1.82, 2.24) is 9.97 Å². The summed E-state index contributed by atoms with van der Waals surface area (Å²) in [4.78, 5) is 20.5. The van der Waals surface area contributed by atoms with Gasteiger partial charge in [0.2, 0.25) is 5.28 Å². The summed E-state index contributed by atoms with van der Waals surface area (Å²) in [6, 6.07) is 13.2. The number of halogens is 4. The van der Waals surface area contributed by atoms with Crippen LogP contribution in [0.2, 0.25) is 10.4 Å². The highest BCUT2D eigenvalue weighted by Crippen LogP contribution is 2.35. The highest BCUT2D eigenvalue weighted by Gasteiger charge is 2.24. The summed E-state index contributed by atoms with van der Waals surface area (Å²) in [5, 5.41) is 2.33. The molecule has 0 saturated carbocycles. The summed E-state index contributed by atoms with van der Waals surface area (Å²) < 4.78 is 14.8. The van der Waals surface area contributed by atoms with E-state index in [9.17, 15) is 9.18 Å². The van der Waals surface area contributed by atoms with Crippen LogP contribution in [0.5, 0.6) is 0 Å². The van der Waals surface area contributed by atoms with E-state index < -0.39 is 11.7 Å². The Bertz CT molecular complexity index is 934. The molecule has 0 atom stereocenters. The van der Waals surface area contributed by atoms with Gasteiger partial charge in [0.15, 0.2) is 0 Å². The van der Waals surface area contributed by atoms with Gasteiger partial charge >= 0.3 is 0 Å². The van der Waals surface area contributed by atoms with Crippen LogP contribution in [0.3, 0.4) is 0 Å². The van der Waals surface area contributed by atoms with E-state index in [0.717, 1.165) is 0 Å². The maximum absolute atomic E-state index is 14.4. The monoisotopic (exact) mass is 439 g/mol. The van der Waals surface area contributed by atoms with Gasteiger partial charge < -0.3 is 5.32 Å². The van der Waals surface area contributed by atoms with Crippen molar-refractivity contribution < 1.29 is 9.18 Å². The van der Waals surface area contributed by atoms with Gasteiger partial charge in [-0.3, -0.25) is 4.79 Å². The SMILES string of the molecule is O=C(Nc1ccccc1)c1c(Cl)nc(Cl)nc1-c1c(F)cccc1Br. The summed E-state index contributed by atoms with van der Waals surface area (Å²) in [5.41, 5.74) is 0.563. The molecule has 0 spiro atoms. The zero-order valence-corrected chi connectivity index (χ0v) is 15.5. The third-order valence-corrected chi connectivity index (χ3v) is 4.40. The predicted octanol–water partition coefficient (Wildman–Crippen LogP) is 5.60. The Morgan fingerprint density at radius 2 is 1.76 bits per heavy atom. The fourth-order valence-electron chi connectivity index (χ4n) is 2.23. The number of carbonyl (C=O) groups is 1. The molecule has 0 bridgehead atoms. The fraction of sp³-hybridized carbons (Fsp3) is 0. The molecular weight excluding hydrogens is 432 g/mol. The van der Waals surface area contributed by atoms with Crippen molar-refractivity contribution in [3.05, 3.63) is 74.8 Å². The fourth-order valence-corrected chi connectivity index (χ4v) is 3.23. The minimum Gasteiger partial charge on any atom is -0.322 e. The molecule has 0 fully saturated rings. The highest BCUT2D eigenvalue weighted by atomic mass is 79.9. The van der Waals surface area contributed by atoms with E-state index >= 15 is 0 Å². The molecule has 126 valence electrons. The Balaban J connectivity index is 2.15. The molecule has 1 heterocycles. The summed E-state index contributed by atoms with van der Waals surface area (Å²) in [7, 11) is 0. The summed E-state index contributed by atoms with van der Waals surface area (Å²) in [5.74, 6) is -1.15. The number of aromatic nitrogens is 2. The van der Waals surface area contributed by atoms with Crippen LogP contribution in [0.4, 0.5) is 10.1 Å². The standard InChI is InChI=1S/C17H9BrCl2FN3O/c18-10-7-4-8-11(21)12(10)14-13(15(19)24-17(20)23-14)16(25)22-9-5-2-1-3-6-9/h1-8H,(H,22,25). The van der Waals surface area contributed by atoms with Crippen LogP contribution < -0.4 is 5.32 Å². The Morgan fingerprint density at radius 1 is 1.04 bits per heavy atom. The van der Waals surface area contributed by atoms with E-state index in [1.807, 2.05) is 6.07 Å². The van der Waals surface area contributed by atoms with Crippen molar-refractivity contribution in [3.63, 3.8) is 0 Å². The normalized spacial score (nSPS) is 10.6. The molecule has 3 rings (SSSR count). The molecule has 1 aromatic heterocycles. The first-order valence-electron chi connectivity index (χ1n) is 7.01. The molecule has 25 heavy (non-hydrogen) atoms. The van der Waals surface area contributed by atoms with Crippen molar-refractivity contribution in [2.45, 2.75) is 0 Å². The van der Waals surface area contributed by atoms with Gasteiger partial charge in [-0.2, -0.15) is 0 Å². The third kappa shape index (κ3) is 3.81. The van der Waals surface area contributed by atoms with Crippen LogP contribution in [0, 0.1) is 5.82 Å². The number of anilines is 1. The number of nitrogens with zero attached hydrogens (tertiary/aromatic N) is 2. The van der Waals surface area contributed by atoms with E-state index in [2.05, 4.69) is 31.2 Å². The first kappa shape index (κ1) is 17.8. The molecule has 1 N–H and O–H groups in total. The first-order chi connectivity index (χ1) is 12.0. The average Bonchev–Trinajstić information content (AvgIpc) is 2.55. The smallest absolute Gasteiger partial charge is 0.261 e. The molecule has 0 aliphatic heterocycles. The van der Waals surface area contributed by atoms with E-state index in [1.165, 1.54) is 12.1 Å². The van der Waals surface area contributed by atoms with E-state index in [-0.39, 0.29) is 27.3 Å². The van der Waals surface area contributed by atoms with Gasteiger partial charge in [-0.05, 0) is 51.8 Å². The third-order valence-electron chi connectivity index (χ3n) is 3.30. The van der Waals surface area contributed by atoms with Crippen molar-refractivity contribution in [2.24, 2.45) is 0 Å². The minimum absolute atomic E-state index is 0.00315. The van der Waals surface area contributed by atoms with Gasteiger partial charge in [0.25, 0.3) is 5.91 Å². The highest BCUT2D eigenvalue weighted by molar-refractivity contribution is 9.10. The van der Waals surface area contributed by atoms with E-state index in [4.69, 9.17) is 23.2 Å². The van der Waals surface area contributed by atoms with Gasteiger partial charge in [0.1, 0.15) is 16.5 Å². The second-order valence-corrected chi connectivity index (χ2v) is 6.47. The lowest BCUT2D eigenvalue weighted by Gasteiger charge is -2.13. The van der Waals surface area contributed by atoms with Gasteiger partial charge in [-0.25, -0.2) is 14.4 Å². The Labute approximate surface area is 161 Å². The van der Waals surface area contributed by atoms with Gasteiger partial charge in [0.05, 0.1) is 11.3 Å². The maximum Gasteiger partial charge on any atom is 0.261 e. The molecular formula is C17H9BrCl2FN3O. The zero-order chi connectivity index (χ0) is 18.0. The number of hydrogen-bond acceptors (Lipinski definition) is 3. The lowest BCUT2D eigenvalue weighted by atomic mass is 10.1. The molecule has 0 unspecified atom stereocenters. The summed E-state index contributed by atoms with van der Waals surface area (Å²) in [6.45, 7) is 0. The second kappa shape index (κ2) is 7.47. The van der Waals surface area contributed by atoms with Crippen LogP contribution in [-0.2, 0) is 0 Å². The molecule has 0 saturated heterocycles. The predicted molar refractivity (Wildman–Crippen MR) is 99.5 cm³/mol. The number of nitrogens with one attached hydrogen (secondary N) is 1. The lowest BCUT2D eigenvalue weighted by molar-refractivity contribution is 0.102. The molecule has 8 heteroatoms. The van der Waals surface area contributed by atoms with Crippen molar-refractivity contribution >= 4 is 50.7 Å². The van der Waals surface area contributed by atoms with Crippen LogP contribution in [-0.4, -0.2) is 15.9 Å². The number of carbonyl (C=O) groups excluding carboxylic acids is 1. The Kier molecular flexibility index (Phi) is 5.32. The number of para-hydroxylation sites is 1. The molecule has 0 aliphatic rings. The minimum atomic E-state index is -0.575. The summed E-state index contributed by atoms with van der Waals surface area (Å²) in [6.07, 6.45) is 0. The average molecular weight is 441 g/mol. The maximum atomic E-state index is 14.4. The van der Waals surface area contributed by atoms with Gasteiger partial charge in [-0.1, -0.05) is 35.9 Å². The van der Waals surface area contributed by atoms with Crippen molar-refractivity contribution in [2.75, 3.05) is 5.32 Å². The van der Waals surface area contributed by atoms with Crippen LogP contribution in [0.1, 0.15) is 10.4 Å². The second-order valence-electron chi connectivity index (χ2n) is 4.92. The number of hydrogen-bond donors (Lipinski definition) is 1. The molecule has 4 nitrogen and oxygen atoms in total. The van der Waals surface area contributed by atoms with Gasteiger partial charge in [0, 0.05) is 10.2 Å². The van der Waals surface area contributed by atoms with Crippen LogP contribution >= 0.6 is 39.1 Å². The number of rotatable bonds is 3. The molecule has 0 radical (unpaired) electrons. The zero-order valence-electron chi connectivity index (χ0n) is 12.4. The molecule has 1 amide bonds. The number of amides is 1. The van der Waals surface area contributed by atoms with Crippen LogP contribution in [0.25, 0.3) is 11.3 Å². The molecule has 0 aliphatic carbocycles. The van der Waals surface area contributed by atoms with E-state index in [0.29, 0.717) is 10.2 Å². The van der Waals surface area contributed by atoms with E-state index in [1.54, 1.807) is 30.3 Å². The van der Waals surface area contributed by atoms with Crippen LogP contribution in [0.15, 0.2) is 53.0 Å². The Morgan fingerprint density at radius 3 is 2.44 bits per heavy atom. The molecule has 2 aromatic carbocycles. The first-order valence-corrected chi connectivity index (χ1v) is 8.56. The molecule has 3 aromatic rings. The lowest BCUT2D eigenvalue weighted by Crippen LogP contribution is -2.16.